The third-order valence-electron chi connectivity index (χ3n) is 5.02. The van der Waals surface area contributed by atoms with E-state index in [0.29, 0.717) is 17.9 Å². The van der Waals surface area contributed by atoms with E-state index in [1.54, 1.807) is 6.07 Å². The standard InChI is InChI=1S/C25H22BrN3O2/c26-21-7-4-8-22-20(21)14-16-24(28-22)29-25(31)27-19-12-9-17(10-13-19)11-15-23(30)18-5-2-1-3-6-18/h1-10,12-14,16,23,30H,11,15H2,(H2,27,28,29,31). The smallest absolute Gasteiger partial charge is 0.324 e. The molecule has 0 aliphatic carbocycles. The van der Waals surface area contributed by atoms with Crippen LogP contribution in [0.25, 0.3) is 10.9 Å². The highest BCUT2D eigenvalue weighted by Gasteiger charge is 2.08. The van der Waals surface area contributed by atoms with Gasteiger partial charge in [0.1, 0.15) is 5.82 Å². The molecule has 1 aromatic heterocycles. The number of amides is 2. The molecule has 6 heteroatoms. The number of fused-ring (bicyclic) bond motifs is 1. The van der Waals surface area contributed by atoms with Crippen LogP contribution in [0.5, 0.6) is 0 Å². The van der Waals surface area contributed by atoms with Crippen molar-refractivity contribution in [2.45, 2.75) is 18.9 Å². The zero-order chi connectivity index (χ0) is 21.6. The summed E-state index contributed by atoms with van der Waals surface area (Å²) in [5, 5.41) is 16.9. The third kappa shape index (κ3) is 5.48. The highest BCUT2D eigenvalue weighted by atomic mass is 79.9. The SMILES string of the molecule is O=C(Nc1ccc(CCC(O)c2ccccc2)cc1)Nc1ccc2c(Br)cccc2n1. The topological polar surface area (TPSA) is 74.2 Å². The van der Waals surface area contributed by atoms with Crippen molar-refractivity contribution in [3.8, 4) is 0 Å². The second-order valence-electron chi connectivity index (χ2n) is 7.24. The Morgan fingerprint density at radius 3 is 2.45 bits per heavy atom. The molecule has 3 N–H and O–H groups in total. The number of rotatable bonds is 6. The largest absolute Gasteiger partial charge is 0.388 e. The van der Waals surface area contributed by atoms with Crippen LogP contribution < -0.4 is 10.6 Å². The van der Waals surface area contributed by atoms with E-state index in [0.717, 1.165) is 32.9 Å². The van der Waals surface area contributed by atoms with Crippen LogP contribution in [0, 0.1) is 0 Å². The van der Waals surface area contributed by atoms with Crippen molar-refractivity contribution < 1.29 is 9.90 Å². The molecule has 3 aromatic carbocycles. The minimum absolute atomic E-state index is 0.353. The summed E-state index contributed by atoms with van der Waals surface area (Å²) in [6.07, 6.45) is 0.903. The highest BCUT2D eigenvalue weighted by Crippen LogP contribution is 2.24. The lowest BCUT2D eigenvalue weighted by Crippen LogP contribution is -2.20. The highest BCUT2D eigenvalue weighted by molar-refractivity contribution is 9.10. The van der Waals surface area contributed by atoms with E-state index >= 15 is 0 Å². The molecule has 156 valence electrons. The van der Waals surface area contributed by atoms with Crippen LogP contribution in [-0.4, -0.2) is 16.1 Å². The van der Waals surface area contributed by atoms with Gasteiger partial charge >= 0.3 is 6.03 Å². The predicted molar refractivity (Wildman–Crippen MR) is 128 cm³/mol. The van der Waals surface area contributed by atoms with Gasteiger partial charge in [0, 0.05) is 15.5 Å². The Hall–Kier alpha value is -3.22. The van der Waals surface area contributed by atoms with Gasteiger partial charge in [0.2, 0.25) is 0 Å². The molecule has 4 rings (SSSR count). The molecule has 0 aliphatic rings. The number of urea groups is 1. The van der Waals surface area contributed by atoms with E-state index in [1.165, 1.54) is 0 Å². The lowest BCUT2D eigenvalue weighted by molar-refractivity contribution is 0.168. The molecule has 0 bridgehead atoms. The van der Waals surface area contributed by atoms with Gasteiger partial charge in [0.15, 0.2) is 0 Å². The Kier molecular flexibility index (Phi) is 6.60. The van der Waals surface area contributed by atoms with Gasteiger partial charge in [-0.1, -0.05) is 64.5 Å². The van der Waals surface area contributed by atoms with E-state index in [9.17, 15) is 9.90 Å². The molecular formula is C25H22BrN3O2. The summed E-state index contributed by atoms with van der Waals surface area (Å²) in [5.41, 5.74) is 3.51. The Morgan fingerprint density at radius 1 is 0.903 bits per heavy atom. The van der Waals surface area contributed by atoms with Crippen molar-refractivity contribution >= 4 is 44.4 Å². The van der Waals surface area contributed by atoms with Crippen molar-refractivity contribution in [2.24, 2.45) is 0 Å². The fraction of sp³-hybridized carbons (Fsp3) is 0.120. The molecule has 1 atom stereocenters. The molecular weight excluding hydrogens is 454 g/mol. The van der Waals surface area contributed by atoms with Crippen molar-refractivity contribution in [1.82, 2.24) is 4.98 Å². The maximum Gasteiger partial charge on any atom is 0.324 e. The van der Waals surface area contributed by atoms with Crippen LogP contribution in [0.15, 0.2) is 89.4 Å². The summed E-state index contributed by atoms with van der Waals surface area (Å²) in [5.74, 6) is 0.481. The molecule has 4 aromatic rings. The van der Waals surface area contributed by atoms with Gasteiger partial charge in [-0.3, -0.25) is 5.32 Å². The second kappa shape index (κ2) is 9.73. The fourth-order valence-corrected chi connectivity index (χ4v) is 3.85. The summed E-state index contributed by atoms with van der Waals surface area (Å²) in [7, 11) is 0. The molecule has 0 fully saturated rings. The number of hydrogen-bond donors (Lipinski definition) is 3. The van der Waals surface area contributed by atoms with Gasteiger partial charge in [-0.05, 0) is 60.4 Å². The Bertz CT molecular complexity index is 1180. The molecule has 1 heterocycles. The predicted octanol–water partition coefficient (Wildman–Crippen LogP) is 6.31. The minimum atomic E-state index is -0.486. The van der Waals surface area contributed by atoms with Crippen molar-refractivity contribution in [3.05, 3.63) is 101 Å². The summed E-state index contributed by atoms with van der Waals surface area (Å²) in [6.45, 7) is 0. The number of hydrogen-bond acceptors (Lipinski definition) is 3. The van der Waals surface area contributed by atoms with Crippen LogP contribution in [0.2, 0.25) is 0 Å². The molecule has 5 nitrogen and oxygen atoms in total. The minimum Gasteiger partial charge on any atom is -0.388 e. The maximum atomic E-state index is 12.3. The zero-order valence-corrected chi connectivity index (χ0v) is 18.3. The number of carbonyl (C=O) groups is 1. The molecule has 0 spiro atoms. The van der Waals surface area contributed by atoms with Crippen molar-refractivity contribution in [1.29, 1.82) is 0 Å². The Balaban J connectivity index is 1.32. The summed E-state index contributed by atoms with van der Waals surface area (Å²) in [6, 6.07) is 26.4. The van der Waals surface area contributed by atoms with E-state index in [2.05, 4.69) is 31.5 Å². The first-order valence-electron chi connectivity index (χ1n) is 10.0. The normalized spacial score (nSPS) is 11.8. The van der Waals surface area contributed by atoms with E-state index < -0.39 is 6.10 Å². The maximum absolute atomic E-state index is 12.3. The zero-order valence-electron chi connectivity index (χ0n) is 16.8. The quantitative estimate of drug-likeness (QED) is 0.306. The first-order chi connectivity index (χ1) is 15.1. The monoisotopic (exact) mass is 475 g/mol. The summed E-state index contributed by atoms with van der Waals surface area (Å²) < 4.78 is 0.963. The molecule has 0 saturated carbocycles. The van der Waals surface area contributed by atoms with Crippen molar-refractivity contribution in [3.63, 3.8) is 0 Å². The molecule has 0 radical (unpaired) electrons. The average molecular weight is 476 g/mol. The number of aryl methyl sites for hydroxylation is 1. The number of aromatic nitrogens is 1. The number of anilines is 2. The van der Waals surface area contributed by atoms with E-state index in [-0.39, 0.29) is 6.03 Å². The summed E-state index contributed by atoms with van der Waals surface area (Å²) in [4.78, 5) is 16.8. The number of nitrogens with one attached hydrogen (secondary N) is 2. The number of halogens is 1. The Morgan fingerprint density at radius 2 is 1.68 bits per heavy atom. The summed E-state index contributed by atoms with van der Waals surface area (Å²) >= 11 is 3.50. The first kappa shape index (κ1) is 21.0. The van der Waals surface area contributed by atoms with Crippen LogP contribution >= 0.6 is 15.9 Å². The number of carbonyl (C=O) groups excluding carboxylic acids is 1. The molecule has 0 aliphatic heterocycles. The van der Waals surface area contributed by atoms with Gasteiger partial charge < -0.3 is 10.4 Å². The van der Waals surface area contributed by atoms with Gasteiger partial charge in [-0.15, -0.1) is 0 Å². The van der Waals surface area contributed by atoms with Crippen LogP contribution in [0.4, 0.5) is 16.3 Å². The van der Waals surface area contributed by atoms with Crippen LogP contribution in [0.3, 0.4) is 0 Å². The first-order valence-corrected chi connectivity index (χ1v) is 10.8. The number of pyridine rings is 1. The van der Waals surface area contributed by atoms with E-state index in [1.807, 2.05) is 78.9 Å². The van der Waals surface area contributed by atoms with Gasteiger partial charge in [0.05, 0.1) is 11.6 Å². The molecule has 1 unspecified atom stereocenters. The number of nitrogens with zero attached hydrogens (tertiary/aromatic N) is 1. The van der Waals surface area contributed by atoms with Gasteiger partial charge in [0.25, 0.3) is 0 Å². The van der Waals surface area contributed by atoms with Gasteiger partial charge in [-0.2, -0.15) is 0 Å². The fourth-order valence-electron chi connectivity index (χ4n) is 3.37. The number of aliphatic hydroxyl groups is 1. The van der Waals surface area contributed by atoms with Crippen LogP contribution in [-0.2, 0) is 6.42 Å². The van der Waals surface area contributed by atoms with E-state index in [4.69, 9.17) is 0 Å². The van der Waals surface area contributed by atoms with Gasteiger partial charge in [-0.25, -0.2) is 9.78 Å². The third-order valence-corrected chi connectivity index (χ3v) is 5.71. The lowest BCUT2D eigenvalue weighted by Gasteiger charge is -2.11. The molecule has 31 heavy (non-hydrogen) atoms. The average Bonchev–Trinajstić information content (AvgIpc) is 2.79. The second-order valence-corrected chi connectivity index (χ2v) is 8.10. The number of benzene rings is 3. The Labute approximate surface area is 189 Å². The number of aliphatic hydroxyl groups excluding tert-OH is 1. The van der Waals surface area contributed by atoms with Crippen LogP contribution in [0.1, 0.15) is 23.7 Å². The lowest BCUT2D eigenvalue weighted by atomic mass is 10.0. The molecule has 2 amide bonds. The molecule has 0 saturated heterocycles. The van der Waals surface area contributed by atoms with Crippen molar-refractivity contribution in [2.75, 3.05) is 10.6 Å².